The van der Waals surface area contributed by atoms with E-state index in [1.165, 1.54) is 5.56 Å². The largest absolute Gasteiger partial charge is 0.481 e. The summed E-state index contributed by atoms with van der Waals surface area (Å²) in [6.45, 7) is 3.90. The van der Waals surface area contributed by atoms with E-state index in [1.807, 2.05) is 44.2 Å². The van der Waals surface area contributed by atoms with Crippen LogP contribution in [0, 0.1) is 5.41 Å². The maximum atomic E-state index is 11.8. The third-order valence-corrected chi connectivity index (χ3v) is 4.14. The molecule has 0 atom stereocenters. The van der Waals surface area contributed by atoms with Gasteiger partial charge in [0.25, 0.3) is 0 Å². The third kappa shape index (κ3) is 5.21. The molecule has 0 aliphatic rings. The van der Waals surface area contributed by atoms with Gasteiger partial charge < -0.3 is 10.4 Å². The van der Waals surface area contributed by atoms with Crippen LogP contribution in [0.2, 0.25) is 0 Å². The maximum Gasteiger partial charge on any atom is 0.311 e. The Hall–Kier alpha value is -1.84. The van der Waals surface area contributed by atoms with Crippen LogP contribution in [0.15, 0.2) is 30.3 Å². The second-order valence-corrected chi connectivity index (χ2v) is 5.41. The van der Waals surface area contributed by atoms with E-state index in [-0.39, 0.29) is 12.5 Å². The fourth-order valence-electron chi connectivity index (χ4n) is 2.33. The highest BCUT2D eigenvalue weighted by atomic mass is 16.4. The van der Waals surface area contributed by atoms with Crippen LogP contribution >= 0.6 is 0 Å². The SMILES string of the molecule is CCC(CC)(CNC(=O)CCCc1ccccc1)C(=O)O. The van der Waals surface area contributed by atoms with Gasteiger partial charge in [-0.15, -0.1) is 0 Å². The lowest BCUT2D eigenvalue weighted by atomic mass is 9.82. The molecule has 0 aliphatic heterocycles. The highest BCUT2D eigenvalue weighted by molar-refractivity contribution is 5.79. The summed E-state index contributed by atoms with van der Waals surface area (Å²) in [7, 11) is 0. The first-order chi connectivity index (χ1) is 10.0. The summed E-state index contributed by atoms with van der Waals surface area (Å²) >= 11 is 0. The van der Waals surface area contributed by atoms with Crippen molar-refractivity contribution in [3.8, 4) is 0 Å². The molecule has 0 spiro atoms. The second kappa shape index (κ2) is 8.45. The Kier molecular flexibility index (Phi) is 6.92. The highest BCUT2D eigenvalue weighted by Crippen LogP contribution is 2.25. The number of nitrogens with one attached hydrogen (secondary N) is 1. The van der Waals surface area contributed by atoms with Crippen molar-refractivity contribution in [2.75, 3.05) is 6.54 Å². The van der Waals surface area contributed by atoms with Gasteiger partial charge in [-0.25, -0.2) is 0 Å². The first kappa shape index (κ1) is 17.2. The van der Waals surface area contributed by atoms with Crippen molar-refractivity contribution in [1.29, 1.82) is 0 Å². The Bertz CT molecular complexity index is 452. The van der Waals surface area contributed by atoms with E-state index in [2.05, 4.69) is 5.32 Å². The van der Waals surface area contributed by atoms with Crippen LogP contribution in [0.5, 0.6) is 0 Å². The zero-order chi connectivity index (χ0) is 15.7. The van der Waals surface area contributed by atoms with E-state index in [0.29, 0.717) is 19.3 Å². The lowest BCUT2D eigenvalue weighted by Gasteiger charge is -2.26. The zero-order valence-electron chi connectivity index (χ0n) is 12.9. The van der Waals surface area contributed by atoms with Gasteiger partial charge in [0.1, 0.15) is 0 Å². The number of carbonyl (C=O) groups excluding carboxylic acids is 1. The molecular weight excluding hydrogens is 266 g/mol. The zero-order valence-corrected chi connectivity index (χ0v) is 12.9. The first-order valence-corrected chi connectivity index (χ1v) is 7.58. The number of benzene rings is 1. The molecule has 1 aromatic carbocycles. The van der Waals surface area contributed by atoms with Crippen LogP contribution < -0.4 is 5.32 Å². The number of aryl methyl sites for hydroxylation is 1. The summed E-state index contributed by atoms with van der Waals surface area (Å²) in [6.07, 6.45) is 3.10. The third-order valence-electron chi connectivity index (χ3n) is 4.14. The summed E-state index contributed by atoms with van der Waals surface area (Å²) in [5.74, 6) is -0.907. The molecule has 1 rings (SSSR count). The lowest BCUT2D eigenvalue weighted by Crippen LogP contribution is -2.42. The summed E-state index contributed by atoms with van der Waals surface area (Å²) in [6, 6.07) is 10.0. The van der Waals surface area contributed by atoms with Gasteiger partial charge in [-0.05, 0) is 31.2 Å². The molecule has 1 amide bonds. The molecule has 0 saturated heterocycles. The molecule has 0 bridgehead atoms. The van der Waals surface area contributed by atoms with Gasteiger partial charge in [0.2, 0.25) is 5.91 Å². The van der Waals surface area contributed by atoms with E-state index in [0.717, 1.165) is 12.8 Å². The standard InChI is InChI=1S/C17H25NO3/c1-3-17(4-2,16(20)21)13-18-15(19)12-8-11-14-9-6-5-7-10-14/h5-7,9-10H,3-4,8,11-13H2,1-2H3,(H,18,19)(H,20,21). The minimum Gasteiger partial charge on any atom is -0.481 e. The van der Waals surface area contributed by atoms with Crippen molar-refractivity contribution < 1.29 is 14.7 Å². The van der Waals surface area contributed by atoms with Crippen LogP contribution in [-0.2, 0) is 16.0 Å². The van der Waals surface area contributed by atoms with E-state index in [9.17, 15) is 14.7 Å². The van der Waals surface area contributed by atoms with Crippen LogP contribution in [0.3, 0.4) is 0 Å². The van der Waals surface area contributed by atoms with Crippen molar-refractivity contribution >= 4 is 11.9 Å². The van der Waals surface area contributed by atoms with E-state index >= 15 is 0 Å². The van der Waals surface area contributed by atoms with Gasteiger partial charge in [-0.2, -0.15) is 0 Å². The number of hydrogen-bond acceptors (Lipinski definition) is 2. The molecule has 0 radical (unpaired) electrons. The lowest BCUT2D eigenvalue weighted by molar-refractivity contribution is -0.149. The quantitative estimate of drug-likeness (QED) is 0.735. The minimum absolute atomic E-state index is 0.0709. The topological polar surface area (TPSA) is 66.4 Å². The molecule has 4 nitrogen and oxygen atoms in total. The number of carboxylic acids is 1. The predicted octanol–water partition coefficient (Wildman–Crippen LogP) is 3.02. The van der Waals surface area contributed by atoms with Crippen LogP contribution in [0.4, 0.5) is 0 Å². The van der Waals surface area contributed by atoms with Gasteiger partial charge in [0.15, 0.2) is 0 Å². The van der Waals surface area contributed by atoms with Crippen LogP contribution in [0.1, 0.15) is 45.1 Å². The van der Waals surface area contributed by atoms with E-state index in [4.69, 9.17) is 0 Å². The number of amides is 1. The van der Waals surface area contributed by atoms with Crippen molar-refractivity contribution in [2.45, 2.75) is 46.0 Å². The highest BCUT2D eigenvalue weighted by Gasteiger charge is 2.34. The summed E-state index contributed by atoms with van der Waals surface area (Å²) in [5, 5.41) is 12.1. The summed E-state index contributed by atoms with van der Waals surface area (Å²) in [5.41, 5.74) is 0.377. The summed E-state index contributed by atoms with van der Waals surface area (Å²) in [4.78, 5) is 23.2. The molecule has 2 N–H and O–H groups in total. The number of hydrogen-bond donors (Lipinski definition) is 2. The van der Waals surface area contributed by atoms with Gasteiger partial charge in [-0.3, -0.25) is 9.59 Å². The van der Waals surface area contributed by atoms with E-state index in [1.54, 1.807) is 0 Å². The molecule has 1 aromatic rings. The van der Waals surface area contributed by atoms with Crippen LogP contribution in [0.25, 0.3) is 0 Å². The normalized spacial score (nSPS) is 11.1. The van der Waals surface area contributed by atoms with E-state index < -0.39 is 11.4 Å². The van der Waals surface area contributed by atoms with Crippen molar-refractivity contribution in [3.05, 3.63) is 35.9 Å². The second-order valence-electron chi connectivity index (χ2n) is 5.41. The molecule has 4 heteroatoms. The molecule has 21 heavy (non-hydrogen) atoms. The monoisotopic (exact) mass is 291 g/mol. The molecule has 0 aliphatic carbocycles. The predicted molar refractivity (Wildman–Crippen MR) is 83.0 cm³/mol. The molecule has 0 unspecified atom stereocenters. The van der Waals surface area contributed by atoms with Crippen molar-refractivity contribution in [1.82, 2.24) is 5.32 Å². The summed E-state index contributed by atoms with van der Waals surface area (Å²) < 4.78 is 0. The molecule has 0 aromatic heterocycles. The van der Waals surface area contributed by atoms with Crippen molar-refractivity contribution in [2.24, 2.45) is 5.41 Å². The van der Waals surface area contributed by atoms with Gasteiger partial charge in [-0.1, -0.05) is 44.2 Å². The number of aliphatic carboxylic acids is 1. The Labute approximate surface area is 126 Å². The fourth-order valence-corrected chi connectivity index (χ4v) is 2.33. The number of carboxylic acid groups (broad SMARTS) is 1. The first-order valence-electron chi connectivity index (χ1n) is 7.58. The Morgan fingerprint density at radius 1 is 1.14 bits per heavy atom. The molecular formula is C17H25NO3. The maximum absolute atomic E-state index is 11.8. The molecule has 0 heterocycles. The van der Waals surface area contributed by atoms with Gasteiger partial charge in [0.05, 0.1) is 5.41 Å². The molecule has 116 valence electrons. The molecule has 0 saturated carbocycles. The Balaban J connectivity index is 2.35. The smallest absolute Gasteiger partial charge is 0.311 e. The van der Waals surface area contributed by atoms with Gasteiger partial charge >= 0.3 is 5.97 Å². The number of carbonyl (C=O) groups is 2. The Morgan fingerprint density at radius 3 is 2.29 bits per heavy atom. The average Bonchev–Trinajstić information content (AvgIpc) is 2.49. The minimum atomic E-state index is -0.838. The average molecular weight is 291 g/mol. The Morgan fingerprint density at radius 2 is 1.76 bits per heavy atom. The molecule has 0 fully saturated rings. The van der Waals surface area contributed by atoms with Gasteiger partial charge in [0, 0.05) is 13.0 Å². The number of rotatable bonds is 9. The van der Waals surface area contributed by atoms with Crippen LogP contribution in [-0.4, -0.2) is 23.5 Å². The van der Waals surface area contributed by atoms with Crippen molar-refractivity contribution in [3.63, 3.8) is 0 Å². The fraction of sp³-hybridized carbons (Fsp3) is 0.529.